The highest BCUT2D eigenvalue weighted by Gasteiger charge is 2.27. The van der Waals surface area contributed by atoms with Gasteiger partial charge in [-0.1, -0.05) is 49.3 Å². The van der Waals surface area contributed by atoms with Gasteiger partial charge in [-0.3, -0.25) is 4.79 Å². The first-order valence-corrected chi connectivity index (χ1v) is 8.52. The van der Waals surface area contributed by atoms with Crippen LogP contribution in [0.4, 0.5) is 0 Å². The summed E-state index contributed by atoms with van der Waals surface area (Å²) in [5, 5.41) is 7.32. The number of benzene rings is 1. The van der Waals surface area contributed by atoms with E-state index in [1.807, 2.05) is 36.9 Å². The molecule has 1 aromatic carbocycles. The van der Waals surface area contributed by atoms with Gasteiger partial charge in [0.25, 0.3) is 0 Å². The highest BCUT2D eigenvalue weighted by atomic mass is 16.5. The molecule has 1 aromatic heterocycles. The quantitative estimate of drug-likeness (QED) is 0.912. The first-order chi connectivity index (χ1) is 11.6. The van der Waals surface area contributed by atoms with Crippen molar-refractivity contribution >= 4 is 5.91 Å². The average Bonchev–Trinajstić information content (AvgIpc) is 3.10. The van der Waals surface area contributed by atoms with E-state index in [1.54, 1.807) is 0 Å². The van der Waals surface area contributed by atoms with Crippen LogP contribution >= 0.6 is 0 Å². The predicted molar refractivity (Wildman–Crippen MR) is 90.5 cm³/mol. The highest BCUT2D eigenvalue weighted by molar-refractivity contribution is 5.77. The first-order valence-electron chi connectivity index (χ1n) is 8.52. The Morgan fingerprint density at radius 3 is 2.88 bits per heavy atom. The Morgan fingerprint density at radius 1 is 1.38 bits per heavy atom. The molecular formula is C18H24N4O2. The van der Waals surface area contributed by atoms with Crippen molar-refractivity contribution in [2.24, 2.45) is 0 Å². The van der Waals surface area contributed by atoms with Crippen LogP contribution in [-0.2, 0) is 11.2 Å². The SMILES string of the molecule is CC(C)c1noc(CCC(=O)N2CCNCC2c2ccccc2)n1. The molecule has 6 heteroatoms. The lowest BCUT2D eigenvalue weighted by Gasteiger charge is -2.36. The summed E-state index contributed by atoms with van der Waals surface area (Å²) in [5.41, 5.74) is 1.16. The molecule has 1 saturated heterocycles. The molecule has 128 valence electrons. The molecule has 1 atom stereocenters. The zero-order valence-corrected chi connectivity index (χ0v) is 14.2. The molecule has 1 amide bonds. The maximum Gasteiger partial charge on any atom is 0.227 e. The van der Waals surface area contributed by atoms with Crippen LogP contribution in [0.5, 0.6) is 0 Å². The Hall–Kier alpha value is -2.21. The molecule has 0 saturated carbocycles. The minimum Gasteiger partial charge on any atom is -0.339 e. The molecule has 2 heterocycles. The van der Waals surface area contributed by atoms with E-state index < -0.39 is 0 Å². The zero-order chi connectivity index (χ0) is 16.9. The monoisotopic (exact) mass is 328 g/mol. The molecule has 1 N–H and O–H groups in total. The van der Waals surface area contributed by atoms with Gasteiger partial charge in [-0.25, -0.2) is 0 Å². The number of hydrogen-bond donors (Lipinski definition) is 1. The van der Waals surface area contributed by atoms with Gasteiger partial charge in [-0.05, 0) is 5.56 Å². The Balaban J connectivity index is 1.63. The number of hydrogen-bond acceptors (Lipinski definition) is 5. The Kier molecular flexibility index (Phi) is 5.25. The lowest BCUT2D eigenvalue weighted by atomic mass is 10.0. The number of piperazine rings is 1. The summed E-state index contributed by atoms with van der Waals surface area (Å²) in [7, 11) is 0. The number of aryl methyl sites for hydroxylation is 1. The van der Waals surface area contributed by atoms with Gasteiger partial charge in [-0.2, -0.15) is 4.98 Å². The molecule has 2 aromatic rings. The van der Waals surface area contributed by atoms with Crippen LogP contribution < -0.4 is 5.32 Å². The standard InChI is InChI=1S/C18H24N4O2/c1-13(2)18-20-16(24-21-18)8-9-17(23)22-11-10-19-12-15(22)14-6-4-3-5-7-14/h3-7,13,15,19H,8-12H2,1-2H3. The van der Waals surface area contributed by atoms with Crippen LogP contribution in [0.2, 0.25) is 0 Å². The number of amides is 1. The topological polar surface area (TPSA) is 71.3 Å². The predicted octanol–water partition coefficient (Wildman–Crippen LogP) is 2.30. The van der Waals surface area contributed by atoms with E-state index in [9.17, 15) is 4.79 Å². The van der Waals surface area contributed by atoms with Gasteiger partial charge in [0, 0.05) is 38.4 Å². The molecule has 24 heavy (non-hydrogen) atoms. The van der Waals surface area contributed by atoms with Crippen molar-refractivity contribution in [1.29, 1.82) is 0 Å². The second kappa shape index (κ2) is 7.57. The fraction of sp³-hybridized carbons (Fsp3) is 0.500. The molecule has 1 unspecified atom stereocenters. The summed E-state index contributed by atoms with van der Waals surface area (Å²) in [6, 6.07) is 10.3. The zero-order valence-electron chi connectivity index (χ0n) is 14.2. The van der Waals surface area contributed by atoms with E-state index in [0.717, 1.165) is 25.2 Å². The summed E-state index contributed by atoms with van der Waals surface area (Å²) in [6.45, 7) is 6.37. The normalized spacial score (nSPS) is 18.1. The van der Waals surface area contributed by atoms with Gasteiger partial charge < -0.3 is 14.7 Å². The van der Waals surface area contributed by atoms with Crippen LogP contribution in [0.3, 0.4) is 0 Å². The van der Waals surface area contributed by atoms with Gasteiger partial charge in [0.15, 0.2) is 5.82 Å². The minimum absolute atomic E-state index is 0.0846. The van der Waals surface area contributed by atoms with E-state index in [0.29, 0.717) is 24.6 Å². The summed E-state index contributed by atoms with van der Waals surface area (Å²) in [5.74, 6) is 1.60. The van der Waals surface area contributed by atoms with Crippen LogP contribution in [0.15, 0.2) is 34.9 Å². The average molecular weight is 328 g/mol. The van der Waals surface area contributed by atoms with Crippen molar-refractivity contribution in [3.8, 4) is 0 Å². The summed E-state index contributed by atoms with van der Waals surface area (Å²) >= 11 is 0. The maximum absolute atomic E-state index is 12.7. The number of nitrogens with one attached hydrogen (secondary N) is 1. The van der Waals surface area contributed by atoms with Crippen molar-refractivity contribution in [1.82, 2.24) is 20.4 Å². The smallest absolute Gasteiger partial charge is 0.227 e. The van der Waals surface area contributed by atoms with Crippen LogP contribution in [-0.4, -0.2) is 40.6 Å². The van der Waals surface area contributed by atoms with Crippen LogP contribution in [0.25, 0.3) is 0 Å². The summed E-state index contributed by atoms with van der Waals surface area (Å²) in [6.07, 6.45) is 0.882. The van der Waals surface area contributed by atoms with Gasteiger partial charge >= 0.3 is 0 Å². The largest absolute Gasteiger partial charge is 0.339 e. The van der Waals surface area contributed by atoms with Gasteiger partial charge in [-0.15, -0.1) is 0 Å². The van der Waals surface area contributed by atoms with Crippen molar-refractivity contribution < 1.29 is 9.32 Å². The number of rotatable bonds is 5. The van der Waals surface area contributed by atoms with Crippen molar-refractivity contribution in [2.75, 3.05) is 19.6 Å². The fourth-order valence-corrected chi connectivity index (χ4v) is 2.94. The molecule has 0 aliphatic carbocycles. The molecule has 1 fully saturated rings. The molecule has 3 rings (SSSR count). The molecule has 0 spiro atoms. The lowest BCUT2D eigenvalue weighted by molar-refractivity contribution is -0.134. The fourth-order valence-electron chi connectivity index (χ4n) is 2.94. The second-order valence-electron chi connectivity index (χ2n) is 6.42. The van der Waals surface area contributed by atoms with Crippen LogP contribution in [0.1, 0.15) is 49.5 Å². The second-order valence-corrected chi connectivity index (χ2v) is 6.42. The Bertz CT molecular complexity index is 669. The first kappa shape index (κ1) is 16.6. The summed E-state index contributed by atoms with van der Waals surface area (Å²) in [4.78, 5) is 19.0. The number of aromatic nitrogens is 2. The van der Waals surface area contributed by atoms with E-state index >= 15 is 0 Å². The van der Waals surface area contributed by atoms with E-state index in [4.69, 9.17) is 4.52 Å². The van der Waals surface area contributed by atoms with E-state index in [1.165, 1.54) is 0 Å². The third-order valence-electron chi connectivity index (χ3n) is 4.30. The number of carbonyl (C=O) groups excluding carboxylic acids is 1. The molecule has 1 aliphatic heterocycles. The maximum atomic E-state index is 12.7. The van der Waals surface area contributed by atoms with Gasteiger partial charge in [0.1, 0.15) is 0 Å². The third-order valence-corrected chi connectivity index (χ3v) is 4.30. The molecule has 1 aliphatic rings. The Morgan fingerprint density at radius 2 is 2.17 bits per heavy atom. The molecular weight excluding hydrogens is 304 g/mol. The van der Waals surface area contributed by atoms with Gasteiger partial charge in [0.2, 0.25) is 11.8 Å². The molecule has 6 nitrogen and oxygen atoms in total. The van der Waals surface area contributed by atoms with Gasteiger partial charge in [0.05, 0.1) is 6.04 Å². The molecule has 0 radical (unpaired) electrons. The molecule has 0 bridgehead atoms. The highest BCUT2D eigenvalue weighted by Crippen LogP contribution is 2.23. The van der Waals surface area contributed by atoms with Crippen molar-refractivity contribution in [2.45, 2.75) is 38.6 Å². The third kappa shape index (κ3) is 3.82. The van der Waals surface area contributed by atoms with Crippen LogP contribution in [0, 0.1) is 0 Å². The number of carbonyl (C=O) groups is 1. The van der Waals surface area contributed by atoms with Crippen molar-refractivity contribution in [3.63, 3.8) is 0 Å². The summed E-state index contributed by atoms with van der Waals surface area (Å²) < 4.78 is 5.23. The lowest BCUT2D eigenvalue weighted by Crippen LogP contribution is -2.48. The Labute approximate surface area is 142 Å². The van der Waals surface area contributed by atoms with E-state index in [2.05, 4.69) is 27.6 Å². The minimum atomic E-state index is 0.0846. The van der Waals surface area contributed by atoms with E-state index in [-0.39, 0.29) is 17.9 Å². The van der Waals surface area contributed by atoms with Crippen molar-refractivity contribution in [3.05, 3.63) is 47.6 Å². The number of nitrogens with zero attached hydrogens (tertiary/aromatic N) is 3.